The van der Waals surface area contributed by atoms with Gasteiger partial charge in [-0.3, -0.25) is 14.5 Å². The summed E-state index contributed by atoms with van der Waals surface area (Å²) in [7, 11) is 0. The summed E-state index contributed by atoms with van der Waals surface area (Å²) in [6.07, 6.45) is 0.226. The summed E-state index contributed by atoms with van der Waals surface area (Å²) in [6, 6.07) is 7.02. The highest BCUT2D eigenvalue weighted by Gasteiger charge is 2.39. The van der Waals surface area contributed by atoms with Crippen LogP contribution in [0.15, 0.2) is 28.7 Å². The number of nitrogens with zero attached hydrogens (tertiary/aromatic N) is 1. The van der Waals surface area contributed by atoms with Crippen LogP contribution in [-0.4, -0.2) is 28.8 Å². The van der Waals surface area contributed by atoms with Crippen molar-refractivity contribution < 1.29 is 9.59 Å². The third-order valence-electron chi connectivity index (χ3n) is 2.86. The molecule has 1 heterocycles. The number of hydrogen-bond donors (Lipinski definition) is 1. The second kappa shape index (κ2) is 5.10. The molecule has 1 aliphatic rings. The zero-order valence-corrected chi connectivity index (χ0v) is 11.9. The molecule has 1 atom stereocenters. The minimum atomic E-state index is -0.450. The van der Waals surface area contributed by atoms with Crippen molar-refractivity contribution in [3.05, 3.63) is 28.7 Å². The zero-order valence-electron chi connectivity index (χ0n) is 10.3. The second-order valence-corrected chi connectivity index (χ2v) is 5.52. The number of anilines is 1. The van der Waals surface area contributed by atoms with E-state index in [2.05, 4.69) is 21.2 Å². The molecule has 1 aromatic rings. The van der Waals surface area contributed by atoms with Gasteiger partial charge >= 0.3 is 0 Å². The number of carbonyl (C=O) groups is 2. The Bertz CT molecular complexity index is 488. The molecule has 4 nitrogen and oxygen atoms in total. The molecule has 1 aliphatic heterocycles. The number of imide groups is 1. The van der Waals surface area contributed by atoms with Crippen LogP contribution in [0.1, 0.15) is 20.3 Å². The lowest BCUT2D eigenvalue weighted by Gasteiger charge is -2.19. The van der Waals surface area contributed by atoms with E-state index in [0.29, 0.717) is 0 Å². The van der Waals surface area contributed by atoms with Gasteiger partial charge in [0.2, 0.25) is 5.91 Å². The van der Waals surface area contributed by atoms with Crippen molar-refractivity contribution in [2.75, 3.05) is 5.32 Å². The monoisotopic (exact) mass is 310 g/mol. The molecule has 1 aromatic carbocycles. The number of rotatable bonds is 3. The molecule has 0 bridgehead atoms. The standard InChI is InChI=1S/C13H15BrN2O2/c1-8(2)16-12(17)7-11(13(16)18)15-10-5-3-4-9(14)6-10/h3-6,8,11,15H,7H2,1-2H3. The van der Waals surface area contributed by atoms with E-state index in [0.717, 1.165) is 10.2 Å². The average Bonchev–Trinajstić information content (AvgIpc) is 2.54. The van der Waals surface area contributed by atoms with E-state index < -0.39 is 6.04 Å². The number of amides is 2. The highest BCUT2D eigenvalue weighted by Crippen LogP contribution is 2.22. The van der Waals surface area contributed by atoms with Gasteiger partial charge in [-0.2, -0.15) is 0 Å². The smallest absolute Gasteiger partial charge is 0.252 e. The largest absolute Gasteiger partial charge is 0.373 e. The van der Waals surface area contributed by atoms with Gasteiger partial charge in [-0.25, -0.2) is 0 Å². The molecule has 96 valence electrons. The lowest BCUT2D eigenvalue weighted by molar-refractivity contribution is -0.140. The normalized spacial score (nSPS) is 19.8. The third kappa shape index (κ3) is 2.56. The Labute approximate surface area is 114 Å². The van der Waals surface area contributed by atoms with Crippen LogP contribution in [0.25, 0.3) is 0 Å². The van der Waals surface area contributed by atoms with Crippen LogP contribution in [0, 0.1) is 0 Å². The van der Waals surface area contributed by atoms with Crippen LogP contribution in [-0.2, 0) is 9.59 Å². The van der Waals surface area contributed by atoms with Gasteiger partial charge in [-0.15, -0.1) is 0 Å². The number of hydrogen-bond acceptors (Lipinski definition) is 3. The third-order valence-corrected chi connectivity index (χ3v) is 3.36. The molecule has 0 radical (unpaired) electrons. The number of nitrogens with one attached hydrogen (secondary N) is 1. The average molecular weight is 311 g/mol. The van der Waals surface area contributed by atoms with Crippen molar-refractivity contribution in [1.29, 1.82) is 0 Å². The van der Waals surface area contributed by atoms with Crippen molar-refractivity contribution in [2.24, 2.45) is 0 Å². The molecular formula is C13H15BrN2O2. The summed E-state index contributed by atoms with van der Waals surface area (Å²) in [4.78, 5) is 25.2. The molecule has 0 spiro atoms. The van der Waals surface area contributed by atoms with E-state index in [1.165, 1.54) is 4.90 Å². The number of halogens is 1. The first-order valence-corrected chi connectivity index (χ1v) is 6.66. The maximum atomic E-state index is 12.1. The minimum Gasteiger partial charge on any atom is -0.373 e. The van der Waals surface area contributed by atoms with Gasteiger partial charge in [0.05, 0.1) is 6.42 Å². The Morgan fingerprint density at radius 2 is 2.11 bits per heavy atom. The molecule has 1 fully saturated rings. The lowest BCUT2D eigenvalue weighted by Crippen LogP contribution is -2.39. The molecule has 1 saturated heterocycles. The number of benzene rings is 1. The van der Waals surface area contributed by atoms with Crippen LogP contribution in [0.2, 0.25) is 0 Å². The highest BCUT2D eigenvalue weighted by molar-refractivity contribution is 9.10. The predicted molar refractivity (Wildman–Crippen MR) is 73.2 cm³/mol. The van der Waals surface area contributed by atoms with E-state index in [1.54, 1.807) is 0 Å². The summed E-state index contributed by atoms with van der Waals surface area (Å²) in [5, 5.41) is 3.10. The Balaban J connectivity index is 2.12. The van der Waals surface area contributed by atoms with Crippen molar-refractivity contribution >= 4 is 33.4 Å². The molecule has 0 saturated carbocycles. The van der Waals surface area contributed by atoms with Crippen molar-refractivity contribution in [3.8, 4) is 0 Å². The summed E-state index contributed by atoms with van der Waals surface area (Å²) in [6.45, 7) is 3.69. The molecule has 0 aliphatic carbocycles. The summed E-state index contributed by atoms with van der Waals surface area (Å²) in [5.41, 5.74) is 0.834. The molecule has 1 unspecified atom stereocenters. The Morgan fingerprint density at radius 3 is 2.67 bits per heavy atom. The summed E-state index contributed by atoms with van der Waals surface area (Å²) >= 11 is 3.37. The van der Waals surface area contributed by atoms with Gasteiger partial charge in [0, 0.05) is 16.2 Å². The van der Waals surface area contributed by atoms with Gasteiger partial charge in [0.1, 0.15) is 6.04 Å². The highest BCUT2D eigenvalue weighted by atomic mass is 79.9. The lowest BCUT2D eigenvalue weighted by atomic mass is 10.2. The molecule has 5 heteroatoms. The molecular weight excluding hydrogens is 296 g/mol. The fourth-order valence-corrected chi connectivity index (χ4v) is 2.48. The molecule has 18 heavy (non-hydrogen) atoms. The predicted octanol–water partition coefficient (Wildman–Crippen LogP) is 2.40. The maximum absolute atomic E-state index is 12.1. The zero-order chi connectivity index (χ0) is 13.3. The molecule has 0 aromatic heterocycles. The Morgan fingerprint density at radius 1 is 1.39 bits per heavy atom. The van der Waals surface area contributed by atoms with E-state index in [1.807, 2.05) is 38.1 Å². The number of carbonyl (C=O) groups excluding carboxylic acids is 2. The van der Waals surface area contributed by atoms with E-state index >= 15 is 0 Å². The first-order valence-electron chi connectivity index (χ1n) is 5.87. The fraction of sp³-hybridized carbons (Fsp3) is 0.385. The Kier molecular flexibility index (Phi) is 3.71. The topological polar surface area (TPSA) is 49.4 Å². The summed E-state index contributed by atoms with van der Waals surface area (Å²) in [5.74, 6) is -0.252. The van der Waals surface area contributed by atoms with Crippen molar-refractivity contribution in [1.82, 2.24) is 4.90 Å². The van der Waals surface area contributed by atoms with Crippen LogP contribution >= 0.6 is 15.9 Å². The van der Waals surface area contributed by atoms with E-state index in [4.69, 9.17) is 0 Å². The number of likely N-dealkylation sites (tertiary alicyclic amines) is 1. The van der Waals surface area contributed by atoms with Crippen LogP contribution in [0.5, 0.6) is 0 Å². The molecule has 1 N–H and O–H groups in total. The first kappa shape index (κ1) is 13.1. The van der Waals surface area contributed by atoms with E-state index in [9.17, 15) is 9.59 Å². The Hall–Kier alpha value is -1.36. The van der Waals surface area contributed by atoms with Gasteiger partial charge in [0.15, 0.2) is 0 Å². The van der Waals surface area contributed by atoms with Crippen LogP contribution < -0.4 is 5.32 Å². The molecule has 2 amide bonds. The fourth-order valence-electron chi connectivity index (χ4n) is 2.09. The van der Waals surface area contributed by atoms with Gasteiger partial charge in [-0.1, -0.05) is 22.0 Å². The van der Waals surface area contributed by atoms with Crippen LogP contribution in [0.3, 0.4) is 0 Å². The van der Waals surface area contributed by atoms with Gasteiger partial charge in [0.25, 0.3) is 5.91 Å². The first-order chi connectivity index (χ1) is 8.49. The SMILES string of the molecule is CC(C)N1C(=O)CC(Nc2cccc(Br)c2)C1=O. The maximum Gasteiger partial charge on any atom is 0.252 e. The summed E-state index contributed by atoms with van der Waals surface area (Å²) < 4.78 is 0.935. The van der Waals surface area contributed by atoms with Crippen molar-refractivity contribution in [3.63, 3.8) is 0 Å². The van der Waals surface area contributed by atoms with E-state index in [-0.39, 0.29) is 24.3 Å². The second-order valence-electron chi connectivity index (χ2n) is 4.61. The van der Waals surface area contributed by atoms with Crippen molar-refractivity contribution in [2.45, 2.75) is 32.4 Å². The van der Waals surface area contributed by atoms with Gasteiger partial charge < -0.3 is 5.32 Å². The van der Waals surface area contributed by atoms with Crippen LogP contribution in [0.4, 0.5) is 5.69 Å². The minimum absolute atomic E-state index is 0.0840. The quantitative estimate of drug-likeness (QED) is 0.872. The van der Waals surface area contributed by atoms with Gasteiger partial charge in [-0.05, 0) is 32.0 Å². The molecule has 2 rings (SSSR count).